The molecule has 0 amide bonds. The summed E-state index contributed by atoms with van der Waals surface area (Å²) in [5.41, 5.74) is 6.43. The Balaban J connectivity index is 2.59. The van der Waals surface area contributed by atoms with Gasteiger partial charge in [-0.3, -0.25) is 0 Å². The Morgan fingerprint density at radius 3 is 2.71 bits per heavy atom. The maximum Gasteiger partial charge on any atom is 0.0555 e. The van der Waals surface area contributed by atoms with Gasteiger partial charge >= 0.3 is 0 Å². The molecular weight excluding hydrogens is 226 g/mol. The smallest absolute Gasteiger partial charge is 0.0555 e. The molecule has 2 N–H and O–H groups in total. The zero-order valence-corrected chi connectivity index (χ0v) is 11.5. The van der Waals surface area contributed by atoms with Crippen molar-refractivity contribution < 1.29 is 0 Å². The summed E-state index contributed by atoms with van der Waals surface area (Å²) >= 11 is 1.93. The molecule has 0 saturated heterocycles. The normalized spacial score (nSPS) is 10.1. The number of thioether (sulfide) groups is 1. The quantitative estimate of drug-likeness (QED) is 0.636. The van der Waals surface area contributed by atoms with E-state index in [2.05, 4.69) is 43.9 Å². The fourth-order valence-electron chi connectivity index (χ4n) is 1.56. The molecule has 0 aliphatic heterocycles. The summed E-state index contributed by atoms with van der Waals surface area (Å²) in [5.74, 6) is 7.97. The van der Waals surface area contributed by atoms with E-state index in [0.717, 1.165) is 11.5 Å². The standard InChI is InChI=1S/C15H21NS/c1-3-13(4-2)12-17-15-9-5-7-14(11-15)8-6-10-16/h5,7,9,11,13H,3-4,10,12,16H2,1-2H3. The fraction of sp³-hybridized carbons (Fsp3) is 0.467. The first kappa shape index (κ1) is 14.2. The number of benzene rings is 1. The predicted molar refractivity (Wildman–Crippen MR) is 77.2 cm³/mol. The van der Waals surface area contributed by atoms with E-state index in [9.17, 15) is 0 Å². The van der Waals surface area contributed by atoms with Crippen molar-refractivity contribution in [3.63, 3.8) is 0 Å². The highest BCUT2D eigenvalue weighted by molar-refractivity contribution is 7.99. The fourth-order valence-corrected chi connectivity index (χ4v) is 2.84. The molecule has 1 rings (SSSR count). The van der Waals surface area contributed by atoms with Crippen LogP contribution in [0.3, 0.4) is 0 Å². The van der Waals surface area contributed by atoms with Gasteiger partial charge in [0.05, 0.1) is 6.54 Å². The monoisotopic (exact) mass is 247 g/mol. The molecule has 0 aliphatic carbocycles. The topological polar surface area (TPSA) is 26.0 Å². The summed E-state index contributed by atoms with van der Waals surface area (Å²) < 4.78 is 0. The highest BCUT2D eigenvalue weighted by Crippen LogP contribution is 2.24. The molecule has 1 aromatic rings. The van der Waals surface area contributed by atoms with Gasteiger partial charge in [-0.15, -0.1) is 11.8 Å². The van der Waals surface area contributed by atoms with Crippen molar-refractivity contribution >= 4 is 11.8 Å². The molecule has 0 radical (unpaired) electrons. The van der Waals surface area contributed by atoms with Crippen LogP contribution in [0.15, 0.2) is 29.2 Å². The molecule has 0 fully saturated rings. The van der Waals surface area contributed by atoms with Crippen molar-refractivity contribution in [3.05, 3.63) is 29.8 Å². The average molecular weight is 247 g/mol. The SMILES string of the molecule is CCC(CC)CSc1cccc(C#CCN)c1. The number of rotatable bonds is 5. The summed E-state index contributed by atoms with van der Waals surface area (Å²) in [4.78, 5) is 1.31. The van der Waals surface area contributed by atoms with Crippen molar-refractivity contribution in [2.75, 3.05) is 12.3 Å². The molecule has 0 atom stereocenters. The lowest BCUT2D eigenvalue weighted by Crippen LogP contribution is -1.99. The Bertz CT molecular complexity index is 385. The van der Waals surface area contributed by atoms with Crippen LogP contribution in [-0.4, -0.2) is 12.3 Å². The summed E-state index contributed by atoms with van der Waals surface area (Å²) in [6.45, 7) is 4.95. The van der Waals surface area contributed by atoms with Gasteiger partial charge in [0.2, 0.25) is 0 Å². The maximum atomic E-state index is 5.37. The zero-order valence-electron chi connectivity index (χ0n) is 10.7. The lowest BCUT2D eigenvalue weighted by Gasteiger charge is -2.11. The van der Waals surface area contributed by atoms with Crippen molar-refractivity contribution in [2.24, 2.45) is 11.7 Å². The second-order valence-electron chi connectivity index (χ2n) is 4.03. The highest BCUT2D eigenvalue weighted by Gasteiger charge is 2.04. The van der Waals surface area contributed by atoms with Gasteiger partial charge in [-0.05, 0) is 24.1 Å². The number of hydrogen-bond donors (Lipinski definition) is 1. The first-order chi connectivity index (χ1) is 8.30. The average Bonchev–Trinajstić information content (AvgIpc) is 2.38. The van der Waals surface area contributed by atoms with E-state index < -0.39 is 0 Å². The molecule has 0 unspecified atom stereocenters. The van der Waals surface area contributed by atoms with Crippen LogP contribution in [-0.2, 0) is 0 Å². The molecule has 0 spiro atoms. The minimum Gasteiger partial charge on any atom is -0.320 e. The lowest BCUT2D eigenvalue weighted by molar-refractivity contribution is 0.554. The van der Waals surface area contributed by atoms with Crippen LogP contribution in [0.2, 0.25) is 0 Å². The van der Waals surface area contributed by atoms with E-state index in [1.807, 2.05) is 17.8 Å². The van der Waals surface area contributed by atoms with E-state index >= 15 is 0 Å². The third-order valence-electron chi connectivity index (χ3n) is 2.81. The van der Waals surface area contributed by atoms with E-state index in [-0.39, 0.29) is 0 Å². The summed E-state index contributed by atoms with van der Waals surface area (Å²) in [7, 11) is 0. The van der Waals surface area contributed by atoms with Crippen LogP contribution in [0.25, 0.3) is 0 Å². The molecule has 0 heterocycles. The van der Waals surface area contributed by atoms with Gasteiger partial charge < -0.3 is 5.73 Å². The predicted octanol–water partition coefficient (Wildman–Crippen LogP) is 3.53. The van der Waals surface area contributed by atoms with Gasteiger partial charge in [-0.2, -0.15) is 0 Å². The van der Waals surface area contributed by atoms with Crippen LogP contribution in [0.1, 0.15) is 32.3 Å². The Kier molecular flexibility index (Phi) is 6.84. The molecule has 17 heavy (non-hydrogen) atoms. The van der Waals surface area contributed by atoms with Crippen LogP contribution >= 0.6 is 11.8 Å². The molecule has 0 aromatic heterocycles. The summed E-state index contributed by atoms with van der Waals surface area (Å²) in [5, 5.41) is 0. The van der Waals surface area contributed by atoms with Crippen LogP contribution in [0.4, 0.5) is 0 Å². The Labute approximate surface area is 109 Å². The van der Waals surface area contributed by atoms with Crippen molar-refractivity contribution in [2.45, 2.75) is 31.6 Å². The molecule has 0 saturated carbocycles. The van der Waals surface area contributed by atoms with Crippen LogP contribution in [0.5, 0.6) is 0 Å². The molecule has 2 heteroatoms. The van der Waals surface area contributed by atoms with E-state index in [0.29, 0.717) is 6.54 Å². The Morgan fingerprint density at radius 2 is 2.06 bits per heavy atom. The second-order valence-corrected chi connectivity index (χ2v) is 5.12. The molecule has 0 aliphatic rings. The molecule has 92 valence electrons. The molecular formula is C15H21NS. The minimum absolute atomic E-state index is 0.422. The van der Waals surface area contributed by atoms with E-state index in [1.165, 1.54) is 23.5 Å². The van der Waals surface area contributed by atoms with Crippen LogP contribution < -0.4 is 5.73 Å². The molecule has 0 bridgehead atoms. The summed E-state index contributed by atoms with van der Waals surface area (Å²) in [6.07, 6.45) is 2.52. The zero-order chi connectivity index (χ0) is 12.5. The molecule has 1 aromatic carbocycles. The lowest BCUT2D eigenvalue weighted by atomic mass is 10.1. The number of nitrogens with two attached hydrogens (primary N) is 1. The van der Waals surface area contributed by atoms with Crippen molar-refractivity contribution in [1.82, 2.24) is 0 Å². The third kappa shape index (κ3) is 5.30. The van der Waals surface area contributed by atoms with Gasteiger partial charge in [0.1, 0.15) is 0 Å². The largest absolute Gasteiger partial charge is 0.320 e. The van der Waals surface area contributed by atoms with E-state index in [4.69, 9.17) is 5.73 Å². The first-order valence-electron chi connectivity index (χ1n) is 6.21. The van der Waals surface area contributed by atoms with Crippen molar-refractivity contribution in [3.8, 4) is 11.8 Å². The minimum atomic E-state index is 0.422. The number of hydrogen-bond acceptors (Lipinski definition) is 2. The van der Waals surface area contributed by atoms with Gasteiger partial charge in [0.15, 0.2) is 0 Å². The summed E-state index contributed by atoms with van der Waals surface area (Å²) in [6, 6.07) is 8.40. The third-order valence-corrected chi connectivity index (χ3v) is 4.03. The maximum absolute atomic E-state index is 5.37. The van der Waals surface area contributed by atoms with Gasteiger partial charge in [0, 0.05) is 16.2 Å². The highest BCUT2D eigenvalue weighted by atomic mass is 32.2. The van der Waals surface area contributed by atoms with Gasteiger partial charge in [-0.25, -0.2) is 0 Å². The van der Waals surface area contributed by atoms with Gasteiger partial charge in [-0.1, -0.05) is 44.6 Å². The van der Waals surface area contributed by atoms with Crippen LogP contribution in [0, 0.1) is 17.8 Å². The van der Waals surface area contributed by atoms with E-state index in [1.54, 1.807) is 0 Å². The second kappa shape index (κ2) is 8.22. The Morgan fingerprint density at radius 1 is 1.29 bits per heavy atom. The van der Waals surface area contributed by atoms with Crippen molar-refractivity contribution in [1.29, 1.82) is 0 Å². The Hall–Kier alpha value is -0.910. The van der Waals surface area contributed by atoms with Gasteiger partial charge in [0.25, 0.3) is 0 Å². The first-order valence-corrected chi connectivity index (χ1v) is 7.20. The molecule has 1 nitrogen and oxygen atoms in total.